The van der Waals surface area contributed by atoms with Crippen LogP contribution in [0.3, 0.4) is 0 Å². The quantitative estimate of drug-likeness (QED) is 0.487. The molecule has 0 fully saturated rings. The van der Waals surface area contributed by atoms with Gasteiger partial charge >= 0.3 is 0 Å². The fourth-order valence-electron chi connectivity index (χ4n) is 3.06. The van der Waals surface area contributed by atoms with Gasteiger partial charge in [0.1, 0.15) is 17.2 Å². The van der Waals surface area contributed by atoms with Gasteiger partial charge in [0, 0.05) is 19.7 Å². The fourth-order valence-corrected chi connectivity index (χ4v) is 4.22. The first-order valence-electron chi connectivity index (χ1n) is 10.1. The summed E-state index contributed by atoms with van der Waals surface area (Å²) in [6, 6.07) is 20.3. The van der Waals surface area contributed by atoms with Crippen LogP contribution in [0.1, 0.15) is 5.56 Å². The molecule has 0 aliphatic carbocycles. The van der Waals surface area contributed by atoms with Crippen molar-refractivity contribution >= 4 is 21.6 Å². The highest BCUT2D eigenvalue weighted by Crippen LogP contribution is 2.29. The van der Waals surface area contributed by atoms with E-state index in [1.807, 2.05) is 30.3 Å². The smallest absolute Gasteiger partial charge is 0.262 e. The van der Waals surface area contributed by atoms with Crippen LogP contribution in [-0.2, 0) is 21.4 Å². The molecule has 0 saturated carbocycles. The largest absolute Gasteiger partial charge is 0.497 e. The number of carbonyl (C=O) groups excluding carboxylic acids is 1. The second-order valence-corrected chi connectivity index (χ2v) is 9.17. The molecule has 3 rings (SSSR count). The lowest BCUT2D eigenvalue weighted by Crippen LogP contribution is -2.26. The molecule has 0 aromatic heterocycles. The van der Waals surface area contributed by atoms with Crippen molar-refractivity contribution in [2.45, 2.75) is 11.4 Å². The van der Waals surface area contributed by atoms with Crippen molar-refractivity contribution in [1.29, 1.82) is 0 Å². The number of ether oxygens (including phenoxy) is 3. The van der Waals surface area contributed by atoms with Gasteiger partial charge in [0.05, 0.1) is 24.8 Å². The Bertz CT molecular complexity index is 1180. The average Bonchev–Trinajstić information content (AvgIpc) is 2.83. The number of hydrogen-bond donors (Lipinski definition) is 1. The number of nitrogens with zero attached hydrogens (tertiary/aromatic N) is 1. The van der Waals surface area contributed by atoms with Gasteiger partial charge in [-0.2, -0.15) is 4.31 Å². The van der Waals surface area contributed by atoms with Crippen LogP contribution >= 0.6 is 0 Å². The topological polar surface area (TPSA) is 94.2 Å². The van der Waals surface area contributed by atoms with E-state index in [0.29, 0.717) is 22.9 Å². The van der Waals surface area contributed by atoms with Crippen molar-refractivity contribution < 1.29 is 27.4 Å². The van der Waals surface area contributed by atoms with Crippen molar-refractivity contribution in [3.8, 4) is 17.2 Å². The lowest BCUT2D eigenvalue weighted by atomic mass is 10.2. The van der Waals surface area contributed by atoms with Gasteiger partial charge in [-0.15, -0.1) is 0 Å². The van der Waals surface area contributed by atoms with Crippen LogP contribution in [0.2, 0.25) is 0 Å². The molecule has 0 aliphatic rings. The Kier molecular flexibility index (Phi) is 7.92. The van der Waals surface area contributed by atoms with E-state index in [1.54, 1.807) is 18.2 Å². The summed E-state index contributed by atoms with van der Waals surface area (Å²) in [6.07, 6.45) is 0. The second kappa shape index (κ2) is 10.8. The number of methoxy groups -OCH3 is 2. The first-order valence-corrected chi connectivity index (χ1v) is 11.5. The third-order valence-corrected chi connectivity index (χ3v) is 6.65. The molecule has 1 amide bonds. The molecule has 8 nitrogen and oxygen atoms in total. The molecule has 3 aromatic carbocycles. The Morgan fingerprint density at radius 1 is 0.909 bits per heavy atom. The van der Waals surface area contributed by atoms with E-state index >= 15 is 0 Å². The lowest BCUT2D eigenvalue weighted by Gasteiger charge is -2.17. The Balaban J connectivity index is 1.60. The van der Waals surface area contributed by atoms with Crippen molar-refractivity contribution in [3.05, 3.63) is 78.4 Å². The Hall–Kier alpha value is -3.56. The summed E-state index contributed by atoms with van der Waals surface area (Å²) < 4.78 is 42.8. The lowest BCUT2D eigenvalue weighted by molar-refractivity contribution is -0.118. The van der Waals surface area contributed by atoms with Crippen LogP contribution in [0.5, 0.6) is 17.2 Å². The number of sulfonamides is 1. The van der Waals surface area contributed by atoms with Crippen LogP contribution < -0.4 is 19.5 Å². The van der Waals surface area contributed by atoms with Crippen molar-refractivity contribution in [2.75, 3.05) is 33.2 Å². The zero-order valence-electron chi connectivity index (χ0n) is 18.6. The molecule has 9 heteroatoms. The molecule has 0 spiro atoms. The molecule has 174 valence electrons. The van der Waals surface area contributed by atoms with Crippen LogP contribution in [0.15, 0.2) is 77.7 Å². The van der Waals surface area contributed by atoms with E-state index in [9.17, 15) is 13.2 Å². The highest BCUT2D eigenvalue weighted by Gasteiger charge is 2.21. The van der Waals surface area contributed by atoms with Gasteiger partial charge in [-0.1, -0.05) is 30.3 Å². The van der Waals surface area contributed by atoms with Crippen LogP contribution in [-0.4, -0.2) is 46.5 Å². The molecule has 0 unspecified atom stereocenters. The summed E-state index contributed by atoms with van der Waals surface area (Å²) in [6.45, 7) is -0.00427. The molecule has 0 saturated heterocycles. The number of nitrogens with one attached hydrogen (secondary N) is 1. The normalized spacial score (nSPS) is 11.2. The molecule has 0 aliphatic heterocycles. The third-order valence-electron chi connectivity index (χ3n) is 4.83. The summed E-state index contributed by atoms with van der Waals surface area (Å²) in [4.78, 5) is 12.4. The maximum absolute atomic E-state index is 12.8. The highest BCUT2D eigenvalue weighted by atomic mass is 32.2. The van der Waals surface area contributed by atoms with Gasteiger partial charge < -0.3 is 19.5 Å². The first-order chi connectivity index (χ1) is 15.8. The number of carbonyl (C=O) groups is 1. The zero-order valence-corrected chi connectivity index (χ0v) is 19.5. The highest BCUT2D eigenvalue weighted by molar-refractivity contribution is 7.89. The third kappa shape index (κ3) is 6.24. The zero-order chi connectivity index (χ0) is 23.8. The Morgan fingerprint density at radius 2 is 1.58 bits per heavy atom. The summed E-state index contributed by atoms with van der Waals surface area (Å²) in [5.41, 5.74) is 1.34. The SMILES string of the molecule is COc1ccc(OC)c(NC(=O)COc2ccc(S(=O)(=O)N(C)Cc3ccccc3)cc2)c1. The number of rotatable bonds is 10. The van der Waals surface area contributed by atoms with E-state index in [1.165, 1.54) is 49.8 Å². The molecule has 0 atom stereocenters. The van der Waals surface area contributed by atoms with Gasteiger partial charge in [-0.05, 0) is 42.0 Å². The molecular weight excluding hydrogens is 444 g/mol. The maximum Gasteiger partial charge on any atom is 0.262 e. The molecule has 1 N–H and O–H groups in total. The van der Waals surface area contributed by atoms with Crippen LogP contribution in [0, 0.1) is 0 Å². The van der Waals surface area contributed by atoms with Crippen molar-refractivity contribution in [1.82, 2.24) is 4.31 Å². The molecule has 0 bridgehead atoms. The van der Waals surface area contributed by atoms with Crippen LogP contribution in [0.4, 0.5) is 5.69 Å². The molecule has 3 aromatic rings. The predicted octanol–water partition coefficient (Wildman–Crippen LogP) is 3.54. The van der Waals surface area contributed by atoms with Gasteiger partial charge in [-0.25, -0.2) is 8.42 Å². The summed E-state index contributed by atoms with van der Waals surface area (Å²) >= 11 is 0. The predicted molar refractivity (Wildman–Crippen MR) is 125 cm³/mol. The van der Waals surface area contributed by atoms with E-state index in [-0.39, 0.29) is 18.0 Å². The average molecular weight is 471 g/mol. The van der Waals surface area contributed by atoms with E-state index in [4.69, 9.17) is 14.2 Å². The second-order valence-electron chi connectivity index (χ2n) is 7.12. The first kappa shape index (κ1) is 24.1. The number of benzene rings is 3. The van der Waals surface area contributed by atoms with E-state index in [2.05, 4.69) is 5.32 Å². The molecule has 0 heterocycles. The summed E-state index contributed by atoms with van der Waals surface area (Å²) in [7, 11) is 0.893. The number of hydrogen-bond acceptors (Lipinski definition) is 6. The minimum atomic E-state index is -3.67. The van der Waals surface area contributed by atoms with Gasteiger partial charge in [-0.3, -0.25) is 4.79 Å². The molecule has 0 radical (unpaired) electrons. The van der Waals surface area contributed by atoms with Crippen LogP contribution in [0.25, 0.3) is 0 Å². The van der Waals surface area contributed by atoms with Gasteiger partial charge in [0.25, 0.3) is 5.91 Å². The number of anilines is 1. The molecule has 33 heavy (non-hydrogen) atoms. The minimum absolute atomic E-state index is 0.138. The maximum atomic E-state index is 12.8. The summed E-state index contributed by atoms with van der Waals surface area (Å²) in [5.74, 6) is 1.02. The monoisotopic (exact) mass is 470 g/mol. The van der Waals surface area contributed by atoms with E-state index < -0.39 is 15.9 Å². The summed E-state index contributed by atoms with van der Waals surface area (Å²) in [5, 5.41) is 2.71. The fraction of sp³-hybridized carbons (Fsp3) is 0.208. The van der Waals surface area contributed by atoms with Crippen molar-refractivity contribution in [2.24, 2.45) is 0 Å². The Labute approximate surface area is 193 Å². The Morgan fingerprint density at radius 3 is 2.21 bits per heavy atom. The van der Waals surface area contributed by atoms with Crippen molar-refractivity contribution in [3.63, 3.8) is 0 Å². The van der Waals surface area contributed by atoms with Gasteiger partial charge in [0.2, 0.25) is 10.0 Å². The minimum Gasteiger partial charge on any atom is -0.497 e. The van der Waals surface area contributed by atoms with E-state index in [0.717, 1.165) is 5.56 Å². The standard InChI is InChI=1S/C24H26N2O6S/c1-26(16-18-7-5-4-6-8-18)33(28,29)21-12-9-19(10-13-21)32-17-24(27)25-22-15-20(30-2)11-14-23(22)31-3/h4-15H,16-17H2,1-3H3,(H,25,27). The number of amides is 1. The van der Waals surface area contributed by atoms with Gasteiger partial charge in [0.15, 0.2) is 6.61 Å². The molecular formula is C24H26N2O6S.